The number of nitrogens with one attached hydrogen (secondary N) is 2. The Balaban J connectivity index is 0.000000461. The standard InChI is InChI=1S/C6H9N5O.C2H6/c1-4-5-8-9-10(2)6(12)11(5)3-7-4;1-2/h3,8-9H,1-2H3;1-2H3. The fourth-order valence-corrected chi connectivity index (χ4v) is 1.08. The second-order valence-corrected chi connectivity index (χ2v) is 2.63. The molecule has 1 aromatic heterocycles. The molecule has 1 amide bonds. The summed E-state index contributed by atoms with van der Waals surface area (Å²) in [6, 6.07) is -0.149. The number of fused-ring (bicyclic) bond motifs is 1. The van der Waals surface area contributed by atoms with Gasteiger partial charge in [0.25, 0.3) is 0 Å². The van der Waals surface area contributed by atoms with Crippen molar-refractivity contribution in [3.63, 3.8) is 0 Å². The zero-order valence-corrected chi connectivity index (χ0v) is 8.83. The first-order chi connectivity index (χ1) is 6.70. The van der Waals surface area contributed by atoms with Gasteiger partial charge in [-0.2, -0.15) is 0 Å². The molecule has 0 aliphatic carbocycles. The normalized spacial score (nSPS) is 14.0. The Kier molecular flexibility index (Phi) is 3.08. The van der Waals surface area contributed by atoms with Gasteiger partial charge in [-0.05, 0) is 6.92 Å². The van der Waals surface area contributed by atoms with Crippen LogP contribution >= 0.6 is 0 Å². The van der Waals surface area contributed by atoms with Gasteiger partial charge in [0.1, 0.15) is 6.33 Å². The molecule has 0 fully saturated rings. The van der Waals surface area contributed by atoms with Gasteiger partial charge < -0.3 is 0 Å². The van der Waals surface area contributed by atoms with E-state index in [1.54, 1.807) is 7.05 Å². The molecule has 0 aromatic carbocycles. The number of aryl methyl sites for hydroxylation is 1. The highest BCUT2D eigenvalue weighted by Crippen LogP contribution is 2.15. The maximum absolute atomic E-state index is 11.4. The molecule has 2 rings (SSSR count). The highest BCUT2D eigenvalue weighted by Gasteiger charge is 2.21. The van der Waals surface area contributed by atoms with Crippen LogP contribution in [0.5, 0.6) is 0 Å². The van der Waals surface area contributed by atoms with Crippen LogP contribution in [0.15, 0.2) is 6.33 Å². The van der Waals surface area contributed by atoms with Crippen LogP contribution in [0.4, 0.5) is 10.6 Å². The zero-order valence-electron chi connectivity index (χ0n) is 8.83. The summed E-state index contributed by atoms with van der Waals surface area (Å²) >= 11 is 0. The predicted octanol–water partition coefficient (Wildman–Crippen LogP) is 0.963. The monoisotopic (exact) mass is 197 g/mol. The van der Waals surface area contributed by atoms with Crippen LogP contribution in [0.2, 0.25) is 0 Å². The van der Waals surface area contributed by atoms with Crippen molar-refractivity contribution >= 4 is 11.8 Å². The number of anilines is 1. The molecule has 0 atom stereocenters. The Morgan fingerprint density at radius 2 is 2.07 bits per heavy atom. The quantitative estimate of drug-likeness (QED) is 0.650. The number of hydrazine groups is 2. The van der Waals surface area contributed by atoms with Crippen molar-refractivity contribution in [2.24, 2.45) is 0 Å². The number of amides is 1. The van der Waals surface area contributed by atoms with Crippen molar-refractivity contribution < 1.29 is 4.79 Å². The number of imidazole rings is 1. The van der Waals surface area contributed by atoms with E-state index in [1.807, 2.05) is 20.8 Å². The molecular weight excluding hydrogens is 182 g/mol. The van der Waals surface area contributed by atoms with Crippen molar-refractivity contribution in [3.8, 4) is 0 Å². The molecule has 6 nitrogen and oxygen atoms in total. The number of hydrogen-bond donors (Lipinski definition) is 2. The Bertz CT molecular complexity index is 332. The van der Waals surface area contributed by atoms with E-state index in [0.29, 0.717) is 5.82 Å². The summed E-state index contributed by atoms with van der Waals surface area (Å²) in [6.07, 6.45) is 1.50. The molecule has 1 aliphatic heterocycles. The van der Waals surface area contributed by atoms with Crippen LogP contribution in [-0.4, -0.2) is 27.6 Å². The molecular formula is C8H15N5O. The van der Waals surface area contributed by atoms with E-state index in [2.05, 4.69) is 15.9 Å². The van der Waals surface area contributed by atoms with E-state index in [-0.39, 0.29) is 6.03 Å². The van der Waals surface area contributed by atoms with Crippen LogP contribution in [0.3, 0.4) is 0 Å². The van der Waals surface area contributed by atoms with Crippen LogP contribution < -0.4 is 11.0 Å². The average Bonchev–Trinajstić information content (AvgIpc) is 2.58. The van der Waals surface area contributed by atoms with E-state index in [1.165, 1.54) is 15.9 Å². The van der Waals surface area contributed by atoms with E-state index < -0.39 is 0 Å². The summed E-state index contributed by atoms with van der Waals surface area (Å²) in [7, 11) is 1.63. The van der Waals surface area contributed by atoms with Crippen molar-refractivity contribution in [1.29, 1.82) is 0 Å². The Morgan fingerprint density at radius 3 is 2.71 bits per heavy atom. The summed E-state index contributed by atoms with van der Waals surface area (Å²) in [4.78, 5) is 15.4. The fourth-order valence-electron chi connectivity index (χ4n) is 1.08. The zero-order chi connectivity index (χ0) is 10.7. The molecule has 0 bridgehead atoms. The first-order valence-electron chi connectivity index (χ1n) is 4.54. The maximum Gasteiger partial charge on any atom is 0.346 e. The van der Waals surface area contributed by atoms with Crippen LogP contribution in [0.1, 0.15) is 19.5 Å². The topological polar surface area (TPSA) is 62.2 Å². The predicted molar refractivity (Wildman–Crippen MR) is 53.6 cm³/mol. The van der Waals surface area contributed by atoms with Gasteiger partial charge in [-0.1, -0.05) is 13.8 Å². The van der Waals surface area contributed by atoms with Gasteiger partial charge in [0, 0.05) is 7.05 Å². The Labute approximate surface area is 82.9 Å². The summed E-state index contributed by atoms with van der Waals surface area (Å²) in [5.74, 6) is 0.693. The number of carbonyl (C=O) groups excluding carboxylic acids is 1. The van der Waals surface area contributed by atoms with Gasteiger partial charge in [0.15, 0.2) is 5.82 Å². The molecule has 6 heteroatoms. The molecule has 14 heavy (non-hydrogen) atoms. The van der Waals surface area contributed by atoms with Crippen LogP contribution in [0, 0.1) is 6.92 Å². The van der Waals surface area contributed by atoms with E-state index in [9.17, 15) is 4.79 Å². The third-order valence-corrected chi connectivity index (χ3v) is 1.79. The minimum atomic E-state index is -0.149. The maximum atomic E-state index is 11.4. The summed E-state index contributed by atoms with van der Waals surface area (Å²) in [6.45, 7) is 5.83. The lowest BCUT2D eigenvalue weighted by Crippen LogP contribution is -2.49. The highest BCUT2D eigenvalue weighted by atomic mass is 16.2. The molecule has 2 N–H and O–H groups in total. The van der Waals surface area contributed by atoms with Gasteiger partial charge in [0.05, 0.1) is 5.69 Å². The summed E-state index contributed by atoms with van der Waals surface area (Å²) < 4.78 is 1.45. The van der Waals surface area contributed by atoms with Crippen LogP contribution in [-0.2, 0) is 0 Å². The number of nitrogens with zero attached hydrogens (tertiary/aromatic N) is 3. The molecule has 2 heterocycles. The molecule has 0 saturated carbocycles. The smallest absolute Gasteiger partial charge is 0.287 e. The van der Waals surface area contributed by atoms with Gasteiger partial charge >= 0.3 is 6.03 Å². The lowest BCUT2D eigenvalue weighted by molar-refractivity contribution is 0.189. The Morgan fingerprint density at radius 1 is 1.43 bits per heavy atom. The SMILES string of the molecule is CC.Cc1ncn2c1NNN(C)C2=O. The fraction of sp³-hybridized carbons (Fsp3) is 0.500. The second kappa shape index (κ2) is 4.10. The Hall–Kier alpha value is -1.56. The summed E-state index contributed by atoms with van der Waals surface area (Å²) in [5, 5.41) is 1.34. The third kappa shape index (κ3) is 1.56. The van der Waals surface area contributed by atoms with Gasteiger partial charge in [0.2, 0.25) is 0 Å². The third-order valence-electron chi connectivity index (χ3n) is 1.79. The molecule has 0 radical (unpaired) electrons. The van der Waals surface area contributed by atoms with Crippen molar-refractivity contribution in [2.45, 2.75) is 20.8 Å². The lowest BCUT2D eigenvalue weighted by atomic mass is 10.5. The molecule has 0 unspecified atom stereocenters. The van der Waals surface area contributed by atoms with E-state index in [0.717, 1.165) is 5.69 Å². The molecule has 1 aliphatic rings. The minimum Gasteiger partial charge on any atom is -0.287 e. The number of rotatable bonds is 0. The summed E-state index contributed by atoms with van der Waals surface area (Å²) in [5.41, 5.74) is 6.33. The number of hydrogen-bond acceptors (Lipinski definition) is 4. The van der Waals surface area contributed by atoms with Gasteiger partial charge in [-0.25, -0.2) is 19.4 Å². The number of aromatic nitrogens is 2. The minimum absolute atomic E-state index is 0.149. The average molecular weight is 197 g/mol. The second-order valence-electron chi connectivity index (χ2n) is 2.63. The highest BCUT2D eigenvalue weighted by molar-refractivity contribution is 5.81. The van der Waals surface area contributed by atoms with Crippen molar-refractivity contribution in [1.82, 2.24) is 20.1 Å². The van der Waals surface area contributed by atoms with E-state index in [4.69, 9.17) is 0 Å². The lowest BCUT2D eigenvalue weighted by Gasteiger charge is -2.25. The van der Waals surface area contributed by atoms with Crippen molar-refractivity contribution in [2.75, 3.05) is 12.5 Å². The van der Waals surface area contributed by atoms with E-state index >= 15 is 0 Å². The number of carbonyl (C=O) groups is 1. The first-order valence-corrected chi connectivity index (χ1v) is 4.54. The molecule has 78 valence electrons. The van der Waals surface area contributed by atoms with Crippen molar-refractivity contribution in [3.05, 3.63) is 12.0 Å². The largest absolute Gasteiger partial charge is 0.346 e. The molecule has 1 aromatic rings. The van der Waals surface area contributed by atoms with Gasteiger partial charge in [-0.15, -0.1) is 5.53 Å². The van der Waals surface area contributed by atoms with Crippen LogP contribution in [0.25, 0.3) is 0 Å². The molecule has 0 spiro atoms. The van der Waals surface area contributed by atoms with Gasteiger partial charge in [-0.3, -0.25) is 5.43 Å². The molecule has 0 saturated heterocycles. The first kappa shape index (κ1) is 10.5.